The van der Waals surface area contributed by atoms with E-state index in [4.69, 9.17) is 27.9 Å². The van der Waals surface area contributed by atoms with Crippen LogP contribution < -0.4 is 4.31 Å². The topological polar surface area (TPSA) is 76.6 Å². The molecule has 9 heteroatoms. The summed E-state index contributed by atoms with van der Waals surface area (Å²) in [6.07, 6.45) is 1.50. The van der Waals surface area contributed by atoms with Crippen molar-refractivity contribution < 1.29 is 17.9 Å². The Morgan fingerprint density at radius 1 is 1.07 bits per heavy atom. The second-order valence-electron chi connectivity index (χ2n) is 6.05. The molecular weight excluding hydrogens is 435 g/mol. The van der Waals surface area contributed by atoms with Gasteiger partial charge in [0, 0.05) is 23.8 Å². The van der Waals surface area contributed by atoms with Crippen molar-refractivity contribution in [2.75, 3.05) is 11.4 Å². The molecule has 3 aromatic rings. The molecular formula is C20H16Cl2N2O4S. The number of ether oxygens (including phenoxy) is 1. The van der Waals surface area contributed by atoms with E-state index in [-0.39, 0.29) is 17.1 Å². The smallest absolute Gasteiger partial charge is 0.338 e. The highest BCUT2D eigenvalue weighted by Crippen LogP contribution is 2.25. The van der Waals surface area contributed by atoms with Gasteiger partial charge in [-0.1, -0.05) is 41.4 Å². The minimum Gasteiger partial charge on any atom is -0.457 e. The Morgan fingerprint density at radius 3 is 2.52 bits per heavy atom. The van der Waals surface area contributed by atoms with E-state index in [9.17, 15) is 13.2 Å². The Balaban J connectivity index is 1.78. The molecule has 150 valence electrons. The number of carbonyl (C=O) groups excluding carboxylic acids is 1. The van der Waals surface area contributed by atoms with Gasteiger partial charge < -0.3 is 4.74 Å². The molecule has 0 saturated carbocycles. The lowest BCUT2D eigenvalue weighted by Gasteiger charge is -2.20. The summed E-state index contributed by atoms with van der Waals surface area (Å²) in [5.41, 5.74) is 1.18. The molecule has 1 heterocycles. The Bertz CT molecular complexity index is 1140. The molecule has 0 unspecified atom stereocenters. The second-order valence-corrected chi connectivity index (χ2v) is 8.84. The molecule has 3 rings (SSSR count). The first kappa shape index (κ1) is 21.1. The zero-order valence-corrected chi connectivity index (χ0v) is 17.6. The van der Waals surface area contributed by atoms with Crippen LogP contribution in [0.15, 0.2) is 71.8 Å². The SMILES string of the molecule is CN(c1cccc(Cl)c1)S(=O)(=O)c1cccc(C(=O)OCc2ccc(Cl)nc2)c1. The van der Waals surface area contributed by atoms with Crippen molar-refractivity contribution in [1.82, 2.24) is 4.98 Å². The van der Waals surface area contributed by atoms with E-state index in [1.165, 1.54) is 43.6 Å². The number of hydrogen-bond donors (Lipinski definition) is 0. The summed E-state index contributed by atoms with van der Waals surface area (Å²) in [4.78, 5) is 16.2. The molecule has 0 fully saturated rings. The molecule has 0 radical (unpaired) electrons. The van der Waals surface area contributed by atoms with E-state index in [2.05, 4.69) is 4.98 Å². The highest BCUT2D eigenvalue weighted by Gasteiger charge is 2.23. The third-order valence-electron chi connectivity index (χ3n) is 4.06. The molecule has 0 amide bonds. The number of halogens is 2. The van der Waals surface area contributed by atoms with E-state index in [0.29, 0.717) is 21.4 Å². The van der Waals surface area contributed by atoms with Crippen LogP contribution in [0.4, 0.5) is 5.69 Å². The van der Waals surface area contributed by atoms with E-state index < -0.39 is 16.0 Å². The Kier molecular flexibility index (Phi) is 6.42. The van der Waals surface area contributed by atoms with Gasteiger partial charge in [-0.15, -0.1) is 0 Å². The van der Waals surface area contributed by atoms with Crippen LogP contribution in [0.5, 0.6) is 0 Å². The average Bonchev–Trinajstić information content (AvgIpc) is 2.72. The van der Waals surface area contributed by atoms with Crippen LogP contribution in [0.2, 0.25) is 10.2 Å². The van der Waals surface area contributed by atoms with Crippen LogP contribution >= 0.6 is 23.2 Å². The van der Waals surface area contributed by atoms with Gasteiger partial charge >= 0.3 is 5.97 Å². The number of rotatable bonds is 6. The minimum absolute atomic E-state index is 0.0115. The molecule has 0 aliphatic rings. The summed E-state index contributed by atoms with van der Waals surface area (Å²) in [5, 5.41) is 0.750. The lowest BCUT2D eigenvalue weighted by atomic mass is 10.2. The molecule has 0 spiro atoms. The van der Waals surface area contributed by atoms with E-state index in [0.717, 1.165) is 4.31 Å². The number of nitrogens with zero attached hydrogens (tertiary/aromatic N) is 2. The van der Waals surface area contributed by atoms with Crippen molar-refractivity contribution in [3.05, 3.63) is 88.2 Å². The highest BCUT2D eigenvalue weighted by molar-refractivity contribution is 7.92. The van der Waals surface area contributed by atoms with E-state index in [1.54, 1.807) is 30.3 Å². The third-order valence-corrected chi connectivity index (χ3v) is 6.30. The normalized spacial score (nSPS) is 11.1. The van der Waals surface area contributed by atoms with Crippen molar-refractivity contribution in [3.8, 4) is 0 Å². The molecule has 0 bridgehead atoms. The van der Waals surface area contributed by atoms with Gasteiger partial charge in [-0.2, -0.15) is 0 Å². The van der Waals surface area contributed by atoms with Crippen LogP contribution in [-0.4, -0.2) is 26.4 Å². The quantitative estimate of drug-likeness (QED) is 0.405. The van der Waals surface area contributed by atoms with E-state index >= 15 is 0 Å². The summed E-state index contributed by atoms with van der Waals surface area (Å²) in [7, 11) is -2.48. The molecule has 0 aliphatic heterocycles. The number of anilines is 1. The molecule has 0 N–H and O–H groups in total. The lowest BCUT2D eigenvalue weighted by molar-refractivity contribution is 0.0472. The fraction of sp³-hybridized carbons (Fsp3) is 0.100. The van der Waals surface area contributed by atoms with Crippen LogP contribution in [0.1, 0.15) is 15.9 Å². The first-order valence-electron chi connectivity index (χ1n) is 8.39. The summed E-state index contributed by atoms with van der Waals surface area (Å²) < 4.78 is 32.2. The van der Waals surface area contributed by atoms with Crippen molar-refractivity contribution in [2.45, 2.75) is 11.5 Å². The number of aromatic nitrogens is 1. The molecule has 0 atom stereocenters. The van der Waals surface area contributed by atoms with Crippen molar-refractivity contribution >= 4 is 44.9 Å². The molecule has 1 aromatic heterocycles. The number of esters is 1. The van der Waals surface area contributed by atoms with Gasteiger partial charge in [-0.05, 0) is 42.5 Å². The van der Waals surface area contributed by atoms with Crippen LogP contribution in [0.25, 0.3) is 0 Å². The van der Waals surface area contributed by atoms with Gasteiger partial charge in [0.2, 0.25) is 0 Å². The van der Waals surface area contributed by atoms with Gasteiger partial charge in [0.25, 0.3) is 10.0 Å². The number of pyridine rings is 1. The zero-order valence-electron chi connectivity index (χ0n) is 15.2. The third kappa shape index (κ3) is 5.06. The number of carbonyl (C=O) groups is 1. The summed E-state index contributed by atoms with van der Waals surface area (Å²) in [6.45, 7) is -0.0115. The van der Waals surface area contributed by atoms with Crippen molar-refractivity contribution in [2.24, 2.45) is 0 Å². The van der Waals surface area contributed by atoms with Gasteiger partial charge in [-0.3, -0.25) is 4.31 Å². The van der Waals surface area contributed by atoms with Crippen molar-refractivity contribution in [1.29, 1.82) is 0 Å². The largest absolute Gasteiger partial charge is 0.457 e. The fourth-order valence-electron chi connectivity index (χ4n) is 2.48. The maximum absolute atomic E-state index is 12.9. The average molecular weight is 451 g/mol. The molecule has 6 nitrogen and oxygen atoms in total. The van der Waals surface area contributed by atoms with Gasteiger partial charge in [-0.25, -0.2) is 18.2 Å². The Labute approximate surface area is 178 Å². The molecule has 0 aliphatic carbocycles. The van der Waals surface area contributed by atoms with E-state index in [1.807, 2.05) is 0 Å². The van der Waals surface area contributed by atoms with Crippen LogP contribution in [0, 0.1) is 0 Å². The lowest BCUT2D eigenvalue weighted by Crippen LogP contribution is -2.26. The first-order valence-corrected chi connectivity index (χ1v) is 10.6. The number of sulfonamides is 1. The summed E-state index contributed by atoms with van der Waals surface area (Å²) in [5.74, 6) is -0.651. The molecule has 29 heavy (non-hydrogen) atoms. The molecule has 2 aromatic carbocycles. The predicted molar refractivity (Wildman–Crippen MR) is 112 cm³/mol. The summed E-state index contributed by atoms with van der Waals surface area (Å²) in [6, 6.07) is 15.4. The maximum Gasteiger partial charge on any atom is 0.338 e. The predicted octanol–water partition coefficient (Wildman–Crippen LogP) is 4.57. The molecule has 0 saturated heterocycles. The second kappa shape index (κ2) is 8.82. The monoisotopic (exact) mass is 450 g/mol. The summed E-state index contributed by atoms with van der Waals surface area (Å²) >= 11 is 11.7. The van der Waals surface area contributed by atoms with Gasteiger partial charge in [0.05, 0.1) is 16.1 Å². The van der Waals surface area contributed by atoms with Gasteiger partial charge in [0.1, 0.15) is 11.8 Å². The number of hydrogen-bond acceptors (Lipinski definition) is 5. The first-order chi connectivity index (χ1) is 13.8. The fourth-order valence-corrected chi connectivity index (χ4v) is 4.01. The minimum atomic E-state index is -3.89. The Morgan fingerprint density at radius 2 is 1.83 bits per heavy atom. The maximum atomic E-state index is 12.9. The highest BCUT2D eigenvalue weighted by atomic mass is 35.5. The van der Waals surface area contributed by atoms with Crippen LogP contribution in [0.3, 0.4) is 0 Å². The van der Waals surface area contributed by atoms with Gasteiger partial charge in [0.15, 0.2) is 0 Å². The number of benzene rings is 2. The van der Waals surface area contributed by atoms with Crippen molar-refractivity contribution in [3.63, 3.8) is 0 Å². The Hall–Kier alpha value is -2.61. The zero-order chi connectivity index (χ0) is 21.0. The standard InChI is InChI=1S/C20H16Cl2N2O4S/c1-24(17-6-3-5-16(21)11-17)29(26,27)18-7-2-4-15(10-18)20(25)28-13-14-8-9-19(22)23-12-14/h2-12H,13H2,1H3. The van der Waals surface area contributed by atoms with Crippen LogP contribution in [-0.2, 0) is 21.4 Å².